The number of hydrogen-bond donors (Lipinski definition) is 1. The molecule has 28 heavy (non-hydrogen) atoms. The largest absolute Gasteiger partial charge is 0.458 e. The fourth-order valence-electron chi connectivity index (χ4n) is 4.11. The Kier molecular flexibility index (Phi) is 5.98. The van der Waals surface area contributed by atoms with E-state index in [0.29, 0.717) is 18.5 Å². The van der Waals surface area contributed by atoms with Crippen LogP contribution in [0.4, 0.5) is 4.79 Å². The van der Waals surface area contributed by atoms with Crippen LogP contribution in [0.15, 0.2) is 30.3 Å². The van der Waals surface area contributed by atoms with Gasteiger partial charge in [-0.25, -0.2) is 9.59 Å². The van der Waals surface area contributed by atoms with Crippen molar-refractivity contribution in [3.63, 3.8) is 0 Å². The molecule has 1 N–H and O–H groups in total. The molecular formula is C22H31NO5. The Balaban J connectivity index is 1.69. The van der Waals surface area contributed by atoms with Crippen LogP contribution in [0.5, 0.6) is 0 Å². The molecule has 1 saturated carbocycles. The zero-order valence-corrected chi connectivity index (χ0v) is 17.0. The Morgan fingerprint density at radius 2 is 1.71 bits per heavy atom. The van der Waals surface area contributed by atoms with Gasteiger partial charge in [-0.1, -0.05) is 43.2 Å². The van der Waals surface area contributed by atoms with Gasteiger partial charge in [-0.3, -0.25) is 0 Å². The monoisotopic (exact) mass is 389 g/mol. The lowest BCUT2D eigenvalue weighted by atomic mass is 9.80. The third-order valence-corrected chi connectivity index (χ3v) is 5.54. The van der Waals surface area contributed by atoms with Gasteiger partial charge in [0.05, 0.1) is 6.54 Å². The number of rotatable bonds is 4. The normalized spacial score (nSPS) is 22.7. The van der Waals surface area contributed by atoms with Gasteiger partial charge in [-0.15, -0.1) is 0 Å². The Morgan fingerprint density at radius 3 is 2.32 bits per heavy atom. The highest BCUT2D eigenvalue weighted by Gasteiger charge is 2.49. The molecule has 0 radical (unpaired) electrons. The number of amides is 1. The number of nitrogens with zero attached hydrogens (tertiary/aromatic N) is 1. The molecule has 3 rings (SSSR count). The summed E-state index contributed by atoms with van der Waals surface area (Å²) in [5.41, 5.74) is -1.63. The van der Waals surface area contributed by atoms with E-state index >= 15 is 0 Å². The lowest BCUT2D eigenvalue weighted by molar-refractivity contribution is -0.178. The smallest absolute Gasteiger partial charge is 0.410 e. The SMILES string of the molecule is CC(C)(C)OC(=O)N1CCC(OC(=O)[C@](O)(c2ccccc2)C2CCCC2)C1. The van der Waals surface area contributed by atoms with Crippen LogP contribution < -0.4 is 0 Å². The van der Waals surface area contributed by atoms with Crippen molar-refractivity contribution in [2.45, 2.75) is 70.2 Å². The minimum atomic E-state index is -1.64. The topological polar surface area (TPSA) is 76.1 Å². The second-order valence-corrected chi connectivity index (χ2v) is 8.86. The van der Waals surface area contributed by atoms with E-state index in [2.05, 4.69) is 0 Å². The standard InChI is InChI=1S/C22H31NO5/c1-21(2,3)28-20(25)23-14-13-18(15-23)27-19(24)22(26,17-11-7-8-12-17)16-9-5-4-6-10-16/h4-6,9-10,17-18,26H,7-8,11-15H2,1-3H3/t18?,22-/m0/s1. The molecule has 1 amide bonds. The summed E-state index contributed by atoms with van der Waals surface area (Å²) in [6.07, 6.45) is 3.31. The predicted molar refractivity (Wildman–Crippen MR) is 105 cm³/mol. The van der Waals surface area contributed by atoms with Gasteiger partial charge in [0, 0.05) is 18.9 Å². The molecule has 1 aromatic rings. The predicted octanol–water partition coefficient (Wildman–Crippen LogP) is 3.62. The second-order valence-electron chi connectivity index (χ2n) is 8.86. The summed E-state index contributed by atoms with van der Waals surface area (Å²) in [6.45, 7) is 6.22. The van der Waals surface area contributed by atoms with Gasteiger partial charge < -0.3 is 19.5 Å². The van der Waals surface area contributed by atoms with Crippen LogP contribution in [0.25, 0.3) is 0 Å². The van der Waals surface area contributed by atoms with Crippen LogP contribution in [-0.4, -0.2) is 46.9 Å². The van der Waals surface area contributed by atoms with Gasteiger partial charge in [0.1, 0.15) is 11.7 Å². The Morgan fingerprint density at radius 1 is 1.07 bits per heavy atom. The van der Waals surface area contributed by atoms with E-state index in [-0.39, 0.29) is 12.5 Å². The highest BCUT2D eigenvalue weighted by Crippen LogP contribution is 2.42. The number of benzene rings is 1. The van der Waals surface area contributed by atoms with Gasteiger partial charge in [-0.05, 0) is 39.2 Å². The molecule has 1 aliphatic heterocycles. The molecule has 0 aromatic heterocycles. The van der Waals surface area contributed by atoms with E-state index in [1.807, 2.05) is 39.0 Å². The fourth-order valence-corrected chi connectivity index (χ4v) is 4.11. The van der Waals surface area contributed by atoms with Crippen LogP contribution >= 0.6 is 0 Å². The summed E-state index contributed by atoms with van der Waals surface area (Å²) in [4.78, 5) is 26.9. The van der Waals surface area contributed by atoms with E-state index in [1.54, 1.807) is 17.0 Å². The highest BCUT2D eigenvalue weighted by molar-refractivity contribution is 5.82. The van der Waals surface area contributed by atoms with E-state index < -0.39 is 29.4 Å². The summed E-state index contributed by atoms with van der Waals surface area (Å²) in [5, 5.41) is 11.5. The van der Waals surface area contributed by atoms with Gasteiger partial charge in [-0.2, -0.15) is 0 Å². The molecule has 0 bridgehead atoms. The molecular weight excluding hydrogens is 358 g/mol. The number of carbonyl (C=O) groups excluding carboxylic acids is 2. The van der Waals surface area contributed by atoms with Crippen LogP contribution in [-0.2, 0) is 19.9 Å². The van der Waals surface area contributed by atoms with Crippen molar-refractivity contribution in [2.24, 2.45) is 5.92 Å². The maximum absolute atomic E-state index is 13.1. The molecule has 6 nitrogen and oxygen atoms in total. The molecule has 1 unspecified atom stereocenters. The van der Waals surface area contributed by atoms with Crippen LogP contribution in [0, 0.1) is 5.92 Å². The summed E-state index contributed by atoms with van der Waals surface area (Å²) >= 11 is 0. The number of likely N-dealkylation sites (tertiary alicyclic amines) is 1. The highest BCUT2D eigenvalue weighted by atomic mass is 16.6. The summed E-state index contributed by atoms with van der Waals surface area (Å²) in [7, 11) is 0. The molecule has 1 saturated heterocycles. The maximum atomic E-state index is 13.1. The maximum Gasteiger partial charge on any atom is 0.410 e. The molecule has 0 spiro atoms. The number of ether oxygens (including phenoxy) is 2. The summed E-state index contributed by atoms with van der Waals surface area (Å²) < 4.78 is 11.1. The third-order valence-electron chi connectivity index (χ3n) is 5.54. The average molecular weight is 389 g/mol. The quantitative estimate of drug-likeness (QED) is 0.796. The van der Waals surface area contributed by atoms with Gasteiger partial charge >= 0.3 is 12.1 Å². The van der Waals surface area contributed by atoms with Crippen molar-refractivity contribution in [1.29, 1.82) is 0 Å². The molecule has 6 heteroatoms. The molecule has 2 fully saturated rings. The lowest BCUT2D eigenvalue weighted by Crippen LogP contribution is -2.45. The molecule has 1 aromatic carbocycles. The number of esters is 1. The Hall–Kier alpha value is -2.08. The zero-order valence-electron chi connectivity index (χ0n) is 17.0. The molecule has 2 atom stereocenters. The van der Waals surface area contributed by atoms with Crippen molar-refractivity contribution in [3.8, 4) is 0 Å². The lowest BCUT2D eigenvalue weighted by Gasteiger charge is -2.33. The average Bonchev–Trinajstić information content (AvgIpc) is 3.32. The van der Waals surface area contributed by atoms with Crippen molar-refractivity contribution in [3.05, 3.63) is 35.9 Å². The van der Waals surface area contributed by atoms with E-state index in [1.165, 1.54) is 0 Å². The molecule has 154 valence electrons. The summed E-state index contributed by atoms with van der Waals surface area (Å²) in [5.74, 6) is -0.757. The Bertz CT molecular complexity index is 693. The minimum absolute atomic E-state index is 0.147. The Labute approximate surface area is 166 Å². The summed E-state index contributed by atoms with van der Waals surface area (Å²) in [6, 6.07) is 9.06. The third kappa shape index (κ3) is 4.49. The van der Waals surface area contributed by atoms with E-state index in [9.17, 15) is 14.7 Å². The molecule has 2 aliphatic rings. The first-order valence-electron chi connectivity index (χ1n) is 10.2. The fraction of sp³-hybridized carbons (Fsp3) is 0.636. The first-order chi connectivity index (χ1) is 13.2. The molecule has 1 heterocycles. The number of aliphatic hydroxyl groups is 1. The first kappa shape index (κ1) is 20.6. The molecule has 1 aliphatic carbocycles. The van der Waals surface area contributed by atoms with Crippen LogP contribution in [0.2, 0.25) is 0 Å². The number of hydrogen-bond acceptors (Lipinski definition) is 5. The van der Waals surface area contributed by atoms with E-state index in [4.69, 9.17) is 9.47 Å². The van der Waals surface area contributed by atoms with Crippen molar-refractivity contribution >= 4 is 12.1 Å². The van der Waals surface area contributed by atoms with E-state index in [0.717, 1.165) is 25.7 Å². The number of carbonyl (C=O) groups is 2. The van der Waals surface area contributed by atoms with Crippen LogP contribution in [0.3, 0.4) is 0 Å². The van der Waals surface area contributed by atoms with Crippen molar-refractivity contribution in [1.82, 2.24) is 4.90 Å². The van der Waals surface area contributed by atoms with Crippen molar-refractivity contribution in [2.75, 3.05) is 13.1 Å². The van der Waals surface area contributed by atoms with Gasteiger partial charge in [0.2, 0.25) is 0 Å². The van der Waals surface area contributed by atoms with Gasteiger partial charge in [0.25, 0.3) is 0 Å². The minimum Gasteiger partial charge on any atom is -0.458 e. The van der Waals surface area contributed by atoms with Crippen molar-refractivity contribution < 1.29 is 24.2 Å². The first-order valence-corrected chi connectivity index (χ1v) is 10.2. The van der Waals surface area contributed by atoms with Crippen LogP contribution in [0.1, 0.15) is 58.4 Å². The van der Waals surface area contributed by atoms with Gasteiger partial charge in [0.15, 0.2) is 5.60 Å². The second kappa shape index (κ2) is 8.11. The zero-order chi connectivity index (χ0) is 20.4.